The zero-order valence-electron chi connectivity index (χ0n) is 12.6. The molecule has 0 aromatic carbocycles. The Morgan fingerprint density at radius 2 is 2.13 bits per heavy atom. The molecule has 0 saturated carbocycles. The Labute approximate surface area is 129 Å². The lowest BCUT2D eigenvalue weighted by atomic mass is 10.1. The molecule has 1 unspecified atom stereocenters. The summed E-state index contributed by atoms with van der Waals surface area (Å²) in [5, 5.41) is 7.19. The molecule has 0 N–H and O–H groups in total. The van der Waals surface area contributed by atoms with Crippen LogP contribution in [-0.4, -0.2) is 32.3 Å². The summed E-state index contributed by atoms with van der Waals surface area (Å²) < 4.78 is 44.4. The largest absolute Gasteiger partial charge is 0.435 e. The highest BCUT2D eigenvalue weighted by Gasteiger charge is 2.38. The lowest BCUT2D eigenvalue weighted by Crippen LogP contribution is -2.31. The normalized spacial score (nSPS) is 18.7. The van der Waals surface area contributed by atoms with Gasteiger partial charge in [0.25, 0.3) is 5.91 Å². The van der Waals surface area contributed by atoms with Crippen LogP contribution in [0.3, 0.4) is 0 Å². The molecule has 1 saturated heterocycles. The van der Waals surface area contributed by atoms with Gasteiger partial charge >= 0.3 is 6.18 Å². The van der Waals surface area contributed by atoms with Crippen molar-refractivity contribution < 1.29 is 22.5 Å². The molecule has 3 heterocycles. The molecule has 0 radical (unpaired) electrons. The molecule has 6 nitrogen and oxygen atoms in total. The summed E-state index contributed by atoms with van der Waals surface area (Å²) in [6.45, 7) is 2.22. The summed E-state index contributed by atoms with van der Waals surface area (Å²) in [6.07, 6.45) is -3.15. The molecule has 2 aromatic rings. The number of carbonyl (C=O) groups excluding carboxylic acids is 1. The van der Waals surface area contributed by atoms with Crippen LogP contribution in [0.5, 0.6) is 0 Å². The van der Waals surface area contributed by atoms with Gasteiger partial charge in [-0.05, 0) is 19.8 Å². The van der Waals surface area contributed by atoms with E-state index < -0.39 is 17.8 Å². The molecule has 1 fully saturated rings. The van der Waals surface area contributed by atoms with Crippen molar-refractivity contribution in [1.82, 2.24) is 19.8 Å². The smallest absolute Gasteiger partial charge is 0.359 e. The third-order valence-corrected chi connectivity index (χ3v) is 3.88. The summed E-state index contributed by atoms with van der Waals surface area (Å²) in [4.78, 5) is 14.1. The lowest BCUT2D eigenvalue weighted by Gasteiger charge is -2.22. The van der Waals surface area contributed by atoms with Crippen molar-refractivity contribution in [1.29, 1.82) is 0 Å². The third kappa shape index (κ3) is 2.82. The van der Waals surface area contributed by atoms with E-state index in [0.29, 0.717) is 24.4 Å². The molecule has 3 rings (SSSR count). The van der Waals surface area contributed by atoms with Crippen molar-refractivity contribution >= 4 is 5.91 Å². The molecule has 0 aliphatic carbocycles. The van der Waals surface area contributed by atoms with Gasteiger partial charge in [-0.3, -0.25) is 9.48 Å². The fourth-order valence-corrected chi connectivity index (χ4v) is 2.80. The molecule has 1 aliphatic rings. The average Bonchev–Trinajstić information content (AvgIpc) is 3.15. The third-order valence-electron chi connectivity index (χ3n) is 3.88. The average molecular weight is 328 g/mol. The predicted molar refractivity (Wildman–Crippen MR) is 72.5 cm³/mol. The maximum Gasteiger partial charge on any atom is 0.435 e. The Kier molecular flexibility index (Phi) is 3.65. The maximum absolute atomic E-state index is 12.7. The van der Waals surface area contributed by atoms with Gasteiger partial charge in [0.2, 0.25) is 0 Å². The standard InChI is InChI=1S/C14H15F3N4O2/c1-8-6-11(23-19-8)9-4-3-5-21(9)13(22)10-7-12(14(15,16)17)18-20(10)2/h6-7,9H,3-5H2,1-2H3. The van der Waals surface area contributed by atoms with Gasteiger partial charge in [0, 0.05) is 25.7 Å². The molecule has 1 amide bonds. The number of halogens is 3. The van der Waals surface area contributed by atoms with E-state index in [0.717, 1.165) is 17.2 Å². The van der Waals surface area contributed by atoms with Crippen molar-refractivity contribution in [2.24, 2.45) is 7.05 Å². The first-order valence-corrected chi connectivity index (χ1v) is 7.13. The van der Waals surface area contributed by atoms with Gasteiger partial charge in [0.15, 0.2) is 11.5 Å². The molecule has 2 aromatic heterocycles. The maximum atomic E-state index is 12.7. The van der Waals surface area contributed by atoms with E-state index in [4.69, 9.17) is 4.52 Å². The topological polar surface area (TPSA) is 64.2 Å². The first-order chi connectivity index (χ1) is 10.8. The van der Waals surface area contributed by atoms with Gasteiger partial charge in [-0.15, -0.1) is 0 Å². The Balaban J connectivity index is 1.89. The Morgan fingerprint density at radius 3 is 2.70 bits per heavy atom. The molecule has 0 spiro atoms. The molecule has 9 heteroatoms. The number of hydrogen-bond acceptors (Lipinski definition) is 4. The second-order valence-corrected chi connectivity index (χ2v) is 5.56. The monoisotopic (exact) mass is 328 g/mol. The molecular weight excluding hydrogens is 313 g/mol. The summed E-state index contributed by atoms with van der Waals surface area (Å²) in [5.41, 5.74) is -0.478. The van der Waals surface area contributed by atoms with Crippen LogP contribution in [0.1, 0.15) is 46.5 Å². The summed E-state index contributed by atoms with van der Waals surface area (Å²) in [7, 11) is 1.33. The molecular formula is C14H15F3N4O2. The highest BCUT2D eigenvalue weighted by molar-refractivity contribution is 5.93. The van der Waals surface area contributed by atoms with E-state index in [-0.39, 0.29) is 11.7 Å². The van der Waals surface area contributed by atoms with Gasteiger partial charge in [-0.2, -0.15) is 18.3 Å². The first-order valence-electron chi connectivity index (χ1n) is 7.13. The summed E-state index contributed by atoms with van der Waals surface area (Å²) in [5.74, 6) is 0.0543. The van der Waals surface area contributed by atoms with Gasteiger partial charge in [0.05, 0.1) is 11.7 Å². The fraction of sp³-hybridized carbons (Fsp3) is 0.500. The van der Waals surface area contributed by atoms with E-state index in [9.17, 15) is 18.0 Å². The molecule has 23 heavy (non-hydrogen) atoms. The SMILES string of the molecule is Cc1cc(C2CCCN2C(=O)c2cc(C(F)(F)F)nn2C)on1. The van der Waals surface area contributed by atoms with Crippen LogP contribution in [0.25, 0.3) is 0 Å². The van der Waals surface area contributed by atoms with Crippen molar-refractivity contribution in [3.8, 4) is 0 Å². The van der Waals surface area contributed by atoms with Crippen LogP contribution in [-0.2, 0) is 13.2 Å². The van der Waals surface area contributed by atoms with Crippen molar-refractivity contribution in [3.05, 3.63) is 35.0 Å². The van der Waals surface area contributed by atoms with Crippen LogP contribution < -0.4 is 0 Å². The van der Waals surface area contributed by atoms with Gasteiger partial charge in [-0.25, -0.2) is 0 Å². The van der Waals surface area contributed by atoms with Crippen molar-refractivity contribution in [3.63, 3.8) is 0 Å². The van der Waals surface area contributed by atoms with Gasteiger partial charge in [-0.1, -0.05) is 5.16 Å². The minimum atomic E-state index is -4.58. The number of aromatic nitrogens is 3. The summed E-state index contributed by atoms with van der Waals surface area (Å²) in [6, 6.07) is 2.21. The minimum Gasteiger partial charge on any atom is -0.359 e. The number of amides is 1. The van der Waals surface area contributed by atoms with Crippen molar-refractivity contribution in [2.45, 2.75) is 32.0 Å². The second kappa shape index (κ2) is 5.39. The number of rotatable bonds is 2. The predicted octanol–water partition coefficient (Wildman–Crippen LogP) is 2.71. The number of aryl methyl sites for hydroxylation is 2. The minimum absolute atomic E-state index is 0.0968. The molecule has 1 aliphatic heterocycles. The zero-order chi connectivity index (χ0) is 16.8. The van der Waals surface area contributed by atoms with Gasteiger partial charge < -0.3 is 9.42 Å². The number of nitrogens with zero attached hydrogens (tertiary/aromatic N) is 4. The first kappa shape index (κ1) is 15.6. The number of alkyl halides is 3. The highest BCUT2D eigenvalue weighted by atomic mass is 19.4. The molecule has 0 bridgehead atoms. The van der Waals surface area contributed by atoms with E-state index in [2.05, 4.69) is 10.3 Å². The number of hydrogen-bond donors (Lipinski definition) is 0. The van der Waals surface area contributed by atoms with Crippen LogP contribution in [0.2, 0.25) is 0 Å². The fourth-order valence-electron chi connectivity index (χ4n) is 2.80. The van der Waals surface area contributed by atoms with Crippen LogP contribution in [0.15, 0.2) is 16.7 Å². The Bertz CT molecular complexity index is 735. The lowest BCUT2D eigenvalue weighted by molar-refractivity contribution is -0.141. The van der Waals surface area contributed by atoms with E-state index >= 15 is 0 Å². The van der Waals surface area contributed by atoms with Crippen molar-refractivity contribution in [2.75, 3.05) is 6.54 Å². The summed E-state index contributed by atoms with van der Waals surface area (Å²) >= 11 is 0. The van der Waals surface area contributed by atoms with E-state index in [1.165, 1.54) is 11.9 Å². The highest BCUT2D eigenvalue weighted by Crippen LogP contribution is 2.34. The van der Waals surface area contributed by atoms with Crippen LogP contribution in [0.4, 0.5) is 13.2 Å². The second-order valence-electron chi connectivity index (χ2n) is 5.56. The van der Waals surface area contributed by atoms with E-state index in [1.807, 2.05) is 0 Å². The Morgan fingerprint density at radius 1 is 1.39 bits per heavy atom. The number of carbonyl (C=O) groups is 1. The number of likely N-dealkylation sites (tertiary alicyclic amines) is 1. The van der Waals surface area contributed by atoms with E-state index in [1.54, 1.807) is 13.0 Å². The Hall–Kier alpha value is -2.32. The quantitative estimate of drug-likeness (QED) is 0.850. The van der Waals surface area contributed by atoms with Crippen LogP contribution in [0, 0.1) is 6.92 Å². The molecule has 124 valence electrons. The molecule has 1 atom stereocenters. The van der Waals surface area contributed by atoms with Crippen LogP contribution >= 0.6 is 0 Å². The van der Waals surface area contributed by atoms with Gasteiger partial charge in [0.1, 0.15) is 5.69 Å². The zero-order valence-corrected chi connectivity index (χ0v) is 12.6.